The Morgan fingerprint density at radius 3 is 2.56 bits per heavy atom. The maximum atomic E-state index is 12.7. The Morgan fingerprint density at radius 1 is 1.24 bits per heavy atom. The van der Waals surface area contributed by atoms with Gasteiger partial charge in [-0.3, -0.25) is 4.79 Å². The molecule has 1 aromatic rings. The van der Waals surface area contributed by atoms with Crippen LogP contribution in [0.2, 0.25) is 0 Å². The Kier molecular flexibility index (Phi) is 5.44. The molecule has 3 nitrogen and oxygen atoms in total. The van der Waals surface area contributed by atoms with Gasteiger partial charge in [0.25, 0.3) is 0 Å². The van der Waals surface area contributed by atoms with E-state index >= 15 is 0 Å². The van der Waals surface area contributed by atoms with Crippen molar-refractivity contribution in [2.75, 3.05) is 5.75 Å². The Labute approximate surface area is 154 Å². The fraction of sp³-hybridized carbons (Fsp3) is 0.476. The molecule has 4 heteroatoms. The molecule has 1 heterocycles. The van der Waals surface area contributed by atoms with Crippen molar-refractivity contribution in [1.82, 2.24) is 0 Å². The lowest BCUT2D eigenvalue weighted by molar-refractivity contribution is -0.121. The molecule has 0 aromatic heterocycles. The van der Waals surface area contributed by atoms with Crippen molar-refractivity contribution in [1.29, 1.82) is 5.26 Å². The Morgan fingerprint density at radius 2 is 1.96 bits per heavy atom. The molecule has 1 saturated carbocycles. The number of thioether (sulfide) groups is 1. The molecule has 0 radical (unpaired) electrons. The highest BCUT2D eigenvalue weighted by Crippen LogP contribution is 2.44. The van der Waals surface area contributed by atoms with Crippen LogP contribution < -0.4 is 0 Å². The third-order valence-electron chi connectivity index (χ3n) is 5.05. The van der Waals surface area contributed by atoms with E-state index in [0.29, 0.717) is 17.9 Å². The van der Waals surface area contributed by atoms with Crippen LogP contribution in [0.3, 0.4) is 0 Å². The number of ketones is 1. The average Bonchev–Trinajstić information content (AvgIpc) is 2.61. The van der Waals surface area contributed by atoms with Crippen LogP contribution in [-0.4, -0.2) is 17.2 Å². The van der Waals surface area contributed by atoms with Crippen LogP contribution in [0.4, 0.5) is 0 Å². The van der Waals surface area contributed by atoms with Crippen LogP contribution in [0.25, 0.3) is 0 Å². The number of Topliss-reactive ketones (excluding diaryl/α,β-unsaturated/α-hetero) is 1. The maximum absolute atomic E-state index is 12.7. The minimum Gasteiger partial charge on any atom is -0.299 e. The monoisotopic (exact) mass is 352 g/mol. The molecule has 2 aliphatic rings. The van der Waals surface area contributed by atoms with Crippen LogP contribution in [0.15, 0.2) is 39.9 Å². The molecule has 0 spiro atoms. The number of nitrogens with zero attached hydrogens (tertiary/aromatic N) is 2. The molecule has 0 N–H and O–H groups in total. The lowest BCUT2D eigenvalue weighted by atomic mass is 9.70. The van der Waals surface area contributed by atoms with E-state index in [1.165, 1.54) is 5.56 Å². The Balaban J connectivity index is 2.10. The predicted octanol–water partition coefficient (Wildman–Crippen LogP) is 5.21. The normalized spacial score (nSPS) is 23.3. The van der Waals surface area contributed by atoms with Gasteiger partial charge in [0.15, 0.2) is 0 Å². The quantitative estimate of drug-likeness (QED) is 0.748. The first-order valence-electron chi connectivity index (χ1n) is 9.03. The number of benzene rings is 1. The van der Waals surface area contributed by atoms with Crippen LogP contribution >= 0.6 is 11.8 Å². The van der Waals surface area contributed by atoms with E-state index in [1.54, 1.807) is 11.8 Å². The van der Waals surface area contributed by atoms with E-state index in [4.69, 9.17) is 4.99 Å². The second kappa shape index (κ2) is 7.58. The minimum absolute atomic E-state index is 0.180. The summed E-state index contributed by atoms with van der Waals surface area (Å²) in [6.07, 6.45) is 2.34. The summed E-state index contributed by atoms with van der Waals surface area (Å²) in [5.74, 6) is 1.13. The first-order chi connectivity index (χ1) is 12.1. The largest absolute Gasteiger partial charge is 0.299 e. The second-order valence-electron chi connectivity index (χ2n) is 6.96. The summed E-state index contributed by atoms with van der Waals surface area (Å²) in [7, 11) is 0. The number of carbonyl (C=O) groups is 1. The molecule has 1 aromatic carbocycles. The van der Waals surface area contributed by atoms with E-state index in [0.717, 1.165) is 34.9 Å². The van der Waals surface area contributed by atoms with Crippen molar-refractivity contribution in [3.8, 4) is 6.07 Å². The molecule has 130 valence electrons. The van der Waals surface area contributed by atoms with Crippen molar-refractivity contribution in [3.63, 3.8) is 0 Å². The van der Waals surface area contributed by atoms with E-state index in [1.807, 2.05) is 0 Å². The number of aliphatic imine (C=N–C) groups is 1. The van der Waals surface area contributed by atoms with E-state index in [-0.39, 0.29) is 17.6 Å². The molecular formula is C21H24N2OS. The predicted molar refractivity (Wildman–Crippen MR) is 104 cm³/mol. The summed E-state index contributed by atoms with van der Waals surface area (Å²) in [5, 5.41) is 10.6. The highest BCUT2D eigenvalue weighted by atomic mass is 32.2. The molecule has 3 rings (SSSR count). The standard InChI is InChI=1S/C21H24N2OS/c1-4-25-21-16(12-22)19(15-10-8-14(9-11-15)13(2)3)20-17(23-21)6-5-7-18(20)24/h8-11,13,19-20H,4-7H2,1-3H3/t19-,20?/m0/s1. The molecule has 1 fully saturated rings. The van der Waals surface area contributed by atoms with E-state index in [2.05, 4.69) is 51.1 Å². The summed E-state index contributed by atoms with van der Waals surface area (Å²) in [6.45, 7) is 6.40. The molecule has 1 aliphatic heterocycles. The van der Waals surface area contributed by atoms with Crippen LogP contribution in [0.5, 0.6) is 0 Å². The van der Waals surface area contributed by atoms with Crippen molar-refractivity contribution in [2.45, 2.75) is 51.9 Å². The van der Waals surface area contributed by atoms with Crippen molar-refractivity contribution >= 4 is 23.3 Å². The molecule has 0 amide bonds. The lowest BCUT2D eigenvalue weighted by Crippen LogP contribution is -2.37. The first-order valence-corrected chi connectivity index (χ1v) is 10.0. The van der Waals surface area contributed by atoms with Gasteiger partial charge in [0.2, 0.25) is 0 Å². The summed E-state index contributed by atoms with van der Waals surface area (Å²) in [4.78, 5) is 17.4. The fourth-order valence-corrected chi connectivity index (χ4v) is 4.53. The van der Waals surface area contributed by atoms with Gasteiger partial charge in [0.1, 0.15) is 10.8 Å². The number of fused-ring (bicyclic) bond motifs is 1. The summed E-state index contributed by atoms with van der Waals surface area (Å²) in [5.41, 5.74) is 3.97. The van der Waals surface area contributed by atoms with Gasteiger partial charge in [-0.15, -0.1) is 11.8 Å². The second-order valence-corrected chi connectivity index (χ2v) is 8.22. The van der Waals surface area contributed by atoms with Gasteiger partial charge in [-0.1, -0.05) is 45.0 Å². The maximum Gasteiger partial charge on any atom is 0.142 e. The SMILES string of the molecule is CCSC1=C(C#N)[C@H](c2ccc(C(C)C)cc2)C2C(=O)CCCC2=N1. The van der Waals surface area contributed by atoms with Gasteiger partial charge in [0.05, 0.1) is 17.6 Å². The Bertz CT molecular complexity index is 768. The molecule has 0 saturated heterocycles. The third-order valence-corrected chi connectivity index (χ3v) is 5.92. The van der Waals surface area contributed by atoms with Gasteiger partial charge in [0, 0.05) is 18.1 Å². The number of carbonyl (C=O) groups excluding carboxylic acids is 1. The summed E-state index contributed by atoms with van der Waals surface area (Å²) < 4.78 is 0. The van der Waals surface area contributed by atoms with E-state index < -0.39 is 0 Å². The number of hydrogen-bond acceptors (Lipinski definition) is 4. The highest BCUT2D eigenvalue weighted by molar-refractivity contribution is 8.03. The molecule has 1 aliphatic carbocycles. The van der Waals surface area contributed by atoms with Crippen molar-refractivity contribution in [3.05, 3.63) is 46.0 Å². The first kappa shape index (κ1) is 17.9. The van der Waals surface area contributed by atoms with Crippen molar-refractivity contribution < 1.29 is 4.79 Å². The zero-order valence-electron chi connectivity index (χ0n) is 15.1. The number of nitriles is 1. The average molecular weight is 353 g/mol. The Hall–Kier alpha value is -1.86. The third kappa shape index (κ3) is 3.43. The van der Waals surface area contributed by atoms with Crippen molar-refractivity contribution in [2.24, 2.45) is 10.9 Å². The lowest BCUT2D eigenvalue weighted by Gasteiger charge is -2.34. The topological polar surface area (TPSA) is 53.2 Å². The van der Waals surface area contributed by atoms with Crippen LogP contribution in [0, 0.1) is 17.2 Å². The fourth-order valence-electron chi connectivity index (χ4n) is 3.75. The number of hydrogen-bond donors (Lipinski definition) is 0. The summed E-state index contributed by atoms with van der Waals surface area (Å²) >= 11 is 1.61. The number of allylic oxidation sites excluding steroid dienone is 1. The smallest absolute Gasteiger partial charge is 0.142 e. The molecule has 0 bridgehead atoms. The highest BCUT2D eigenvalue weighted by Gasteiger charge is 2.41. The minimum atomic E-state index is -0.255. The van der Waals surface area contributed by atoms with Gasteiger partial charge in [-0.25, -0.2) is 4.99 Å². The van der Waals surface area contributed by atoms with Gasteiger partial charge >= 0.3 is 0 Å². The summed E-state index contributed by atoms with van der Waals surface area (Å²) in [6, 6.07) is 10.8. The van der Waals surface area contributed by atoms with Gasteiger partial charge in [-0.05, 0) is 35.6 Å². The molecular weight excluding hydrogens is 328 g/mol. The van der Waals surface area contributed by atoms with Gasteiger partial charge in [-0.2, -0.15) is 5.26 Å². The molecule has 1 unspecified atom stereocenters. The molecule has 2 atom stereocenters. The van der Waals surface area contributed by atoms with Gasteiger partial charge < -0.3 is 0 Å². The van der Waals surface area contributed by atoms with Crippen LogP contribution in [-0.2, 0) is 4.79 Å². The van der Waals surface area contributed by atoms with E-state index in [9.17, 15) is 10.1 Å². The number of rotatable bonds is 4. The zero-order valence-corrected chi connectivity index (χ0v) is 15.9. The zero-order chi connectivity index (χ0) is 18.0. The van der Waals surface area contributed by atoms with Crippen LogP contribution in [0.1, 0.15) is 63.0 Å². The molecule has 25 heavy (non-hydrogen) atoms.